The summed E-state index contributed by atoms with van der Waals surface area (Å²) in [6.45, 7) is 2.16. The molecular weight excluding hydrogens is 342 g/mol. The van der Waals surface area contributed by atoms with Gasteiger partial charge in [-0.3, -0.25) is 0 Å². The van der Waals surface area contributed by atoms with Gasteiger partial charge in [0, 0.05) is 15.0 Å². The second-order valence-corrected chi connectivity index (χ2v) is 5.67. The zero-order chi connectivity index (χ0) is 12.3. The molecule has 1 unspecified atom stereocenters. The summed E-state index contributed by atoms with van der Waals surface area (Å²) < 4.78 is 2.15. The summed E-state index contributed by atoms with van der Waals surface area (Å²) in [6, 6.07) is 16.8. The van der Waals surface area contributed by atoms with Gasteiger partial charge < -0.3 is 5.32 Å². The number of anilines is 1. The Morgan fingerprint density at radius 2 is 1.71 bits per heavy atom. The molecule has 0 fully saturated rings. The van der Waals surface area contributed by atoms with Gasteiger partial charge in [0.15, 0.2) is 0 Å². The third-order valence-corrected chi connectivity index (χ3v) is 3.78. The molecule has 0 saturated heterocycles. The number of rotatable bonds is 3. The lowest BCUT2D eigenvalue weighted by molar-refractivity contribution is 0.883. The molecular formula is C14H13Br2N. The van der Waals surface area contributed by atoms with Crippen LogP contribution in [0.5, 0.6) is 0 Å². The van der Waals surface area contributed by atoms with Crippen molar-refractivity contribution in [2.45, 2.75) is 13.0 Å². The van der Waals surface area contributed by atoms with Crippen LogP contribution in [0.3, 0.4) is 0 Å². The Labute approximate surface area is 119 Å². The fourth-order valence-corrected chi connectivity index (χ4v) is 2.39. The van der Waals surface area contributed by atoms with Crippen molar-refractivity contribution in [2.75, 3.05) is 5.32 Å². The number of hydrogen-bond acceptors (Lipinski definition) is 1. The molecule has 0 aliphatic heterocycles. The van der Waals surface area contributed by atoms with Crippen LogP contribution in [0.25, 0.3) is 0 Å². The molecule has 2 aromatic rings. The van der Waals surface area contributed by atoms with E-state index in [0.717, 1.165) is 14.6 Å². The van der Waals surface area contributed by atoms with Crippen molar-refractivity contribution in [3.63, 3.8) is 0 Å². The molecule has 0 amide bonds. The highest BCUT2D eigenvalue weighted by molar-refractivity contribution is 9.11. The predicted molar refractivity (Wildman–Crippen MR) is 80.3 cm³/mol. The molecule has 0 aliphatic carbocycles. The molecule has 3 heteroatoms. The molecule has 88 valence electrons. The molecule has 2 aromatic carbocycles. The average molecular weight is 355 g/mol. The maximum Gasteiger partial charge on any atom is 0.0500 e. The molecule has 0 aliphatic rings. The van der Waals surface area contributed by atoms with Crippen LogP contribution >= 0.6 is 31.9 Å². The van der Waals surface area contributed by atoms with E-state index < -0.39 is 0 Å². The fraction of sp³-hybridized carbons (Fsp3) is 0.143. The summed E-state index contributed by atoms with van der Waals surface area (Å²) in [5.41, 5.74) is 2.37. The molecule has 0 aromatic heterocycles. The Bertz CT molecular complexity index is 497. The van der Waals surface area contributed by atoms with E-state index in [-0.39, 0.29) is 6.04 Å². The smallest absolute Gasteiger partial charge is 0.0500 e. The normalized spacial score (nSPS) is 12.2. The van der Waals surface area contributed by atoms with Crippen molar-refractivity contribution in [1.82, 2.24) is 0 Å². The molecule has 17 heavy (non-hydrogen) atoms. The molecule has 0 saturated carbocycles. The van der Waals surface area contributed by atoms with Crippen molar-refractivity contribution in [1.29, 1.82) is 0 Å². The minimum atomic E-state index is 0.279. The van der Waals surface area contributed by atoms with E-state index >= 15 is 0 Å². The van der Waals surface area contributed by atoms with Gasteiger partial charge in [-0.25, -0.2) is 0 Å². The van der Waals surface area contributed by atoms with Crippen LogP contribution in [-0.4, -0.2) is 0 Å². The van der Waals surface area contributed by atoms with Gasteiger partial charge in [0.2, 0.25) is 0 Å². The van der Waals surface area contributed by atoms with Gasteiger partial charge in [0.1, 0.15) is 0 Å². The van der Waals surface area contributed by atoms with Crippen molar-refractivity contribution < 1.29 is 0 Å². The van der Waals surface area contributed by atoms with Gasteiger partial charge in [-0.2, -0.15) is 0 Å². The minimum absolute atomic E-state index is 0.279. The Balaban J connectivity index is 2.18. The second-order valence-electron chi connectivity index (χ2n) is 3.90. The lowest BCUT2D eigenvalue weighted by Crippen LogP contribution is -2.06. The number of hydrogen-bond donors (Lipinski definition) is 1. The van der Waals surface area contributed by atoms with Gasteiger partial charge in [-0.05, 0) is 46.6 Å². The first-order chi connectivity index (χ1) is 8.16. The molecule has 0 spiro atoms. The van der Waals surface area contributed by atoms with Crippen molar-refractivity contribution >= 4 is 37.5 Å². The first-order valence-electron chi connectivity index (χ1n) is 5.43. The van der Waals surface area contributed by atoms with Gasteiger partial charge in [0.25, 0.3) is 0 Å². The lowest BCUT2D eigenvalue weighted by atomic mass is 10.1. The van der Waals surface area contributed by atoms with Gasteiger partial charge in [-0.15, -0.1) is 0 Å². The van der Waals surface area contributed by atoms with Gasteiger partial charge in [0.05, 0.1) is 5.69 Å². The van der Waals surface area contributed by atoms with Gasteiger partial charge in [-0.1, -0.05) is 46.3 Å². The zero-order valence-electron chi connectivity index (χ0n) is 9.45. The highest BCUT2D eigenvalue weighted by atomic mass is 79.9. The third kappa shape index (κ3) is 3.33. The monoisotopic (exact) mass is 353 g/mol. The standard InChI is InChI=1S/C14H13Br2N/c1-10(11-5-3-2-4-6-11)17-14-9-12(15)7-8-13(14)16/h2-10,17H,1H3. The highest BCUT2D eigenvalue weighted by Crippen LogP contribution is 2.29. The maximum atomic E-state index is 3.55. The number of nitrogens with one attached hydrogen (secondary N) is 1. The van der Waals surface area contributed by atoms with E-state index in [0.29, 0.717) is 0 Å². The van der Waals surface area contributed by atoms with Crippen molar-refractivity contribution in [3.05, 3.63) is 63.0 Å². The van der Waals surface area contributed by atoms with E-state index in [4.69, 9.17) is 0 Å². The molecule has 1 N–H and O–H groups in total. The summed E-state index contributed by atoms with van der Waals surface area (Å²) >= 11 is 7.03. The van der Waals surface area contributed by atoms with Gasteiger partial charge >= 0.3 is 0 Å². The molecule has 0 radical (unpaired) electrons. The second kappa shape index (κ2) is 5.69. The molecule has 2 rings (SSSR count). The van der Waals surface area contributed by atoms with Crippen LogP contribution < -0.4 is 5.32 Å². The number of benzene rings is 2. The summed E-state index contributed by atoms with van der Waals surface area (Å²) in [5.74, 6) is 0. The maximum absolute atomic E-state index is 3.55. The highest BCUT2D eigenvalue weighted by Gasteiger charge is 2.07. The SMILES string of the molecule is CC(Nc1cc(Br)ccc1Br)c1ccccc1. The fourth-order valence-electron chi connectivity index (χ4n) is 1.67. The van der Waals surface area contributed by atoms with Crippen LogP contribution in [0.1, 0.15) is 18.5 Å². The van der Waals surface area contributed by atoms with Crippen LogP contribution in [0, 0.1) is 0 Å². The zero-order valence-corrected chi connectivity index (χ0v) is 12.6. The quantitative estimate of drug-likeness (QED) is 0.779. The van der Waals surface area contributed by atoms with Crippen LogP contribution in [0.4, 0.5) is 5.69 Å². The average Bonchev–Trinajstić information content (AvgIpc) is 2.35. The minimum Gasteiger partial charge on any atom is -0.378 e. The summed E-state index contributed by atoms with van der Waals surface area (Å²) in [4.78, 5) is 0. The molecule has 1 atom stereocenters. The molecule has 0 heterocycles. The Kier molecular flexibility index (Phi) is 4.24. The molecule has 1 nitrogen and oxygen atoms in total. The van der Waals surface area contributed by atoms with Crippen LogP contribution in [-0.2, 0) is 0 Å². The number of halogens is 2. The summed E-state index contributed by atoms with van der Waals surface area (Å²) in [7, 11) is 0. The van der Waals surface area contributed by atoms with E-state index in [1.54, 1.807) is 0 Å². The summed E-state index contributed by atoms with van der Waals surface area (Å²) in [5, 5.41) is 3.49. The van der Waals surface area contributed by atoms with Crippen molar-refractivity contribution in [3.8, 4) is 0 Å². The largest absolute Gasteiger partial charge is 0.378 e. The van der Waals surface area contributed by atoms with Crippen molar-refractivity contribution in [2.24, 2.45) is 0 Å². The molecule has 0 bridgehead atoms. The van der Waals surface area contributed by atoms with Crippen LogP contribution in [0.2, 0.25) is 0 Å². The first kappa shape index (κ1) is 12.7. The lowest BCUT2D eigenvalue weighted by Gasteiger charge is -2.17. The van der Waals surface area contributed by atoms with E-state index in [1.165, 1.54) is 5.56 Å². The topological polar surface area (TPSA) is 12.0 Å². The van der Waals surface area contributed by atoms with E-state index in [9.17, 15) is 0 Å². The first-order valence-corrected chi connectivity index (χ1v) is 7.02. The Morgan fingerprint density at radius 3 is 2.41 bits per heavy atom. The van der Waals surface area contributed by atoms with E-state index in [1.807, 2.05) is 18.2 Å². The third-order valence-electron chi connectivity index (χ3n) is 2.60. The Morgan fingerprint density at radius 1 is 1.00 bits per heavy atom. The Hall–Kier alpha value is -0.800. The van der Waals surface area contributed by atoms with Crippen LogP contribution in [0.15, 0.2) is 57.5 Å². The summed E-state index contributed by atoms with van der Waals surface area (Å²) in [6.07, 6.45) is 0. The van der Waals surface area contributed by atoms with E-state index in [2.05, 4.69) is 74.4 Å². The predicted octanol–water partition coefficient (Wildman–Crippen LogP) is 5.38.